The van der Waals surface area contributed by atoms with Gasteiger partial charge in [-0.15, -0.1) is 0 Å². The average Bonchev–Trinajstić information content (AvgIpc) is 3.25. The van der Waals surface area contributed by atoms with Crippen LogP contribution in [-0.4, -0.2) is 48.3 Å². The highest BCUT2D eigenvalue weighted by Gasteiger charge is 2.49. The van der Waals surface area contributed by atoms with Crippen molar-refractivity contribution in [2.75, 3.05) is 11.1 Å². The second-order valence-electron chi connectivity index (χ2n) is 10.2. The molecule has 1 saturated heterocycles. The van der Waals surface area contributed by atoms with Gasteiger partial charge < -0.3 is 20.5 Å². The molecule has 3 aromatic heterocycles. The molecule has 192 valence electrons. The maximum atomic E-state index is 14.5. The summed E-state index contributed by atoms with van der Waals surface area (Å²) in [6.07, 6.45) is 1.82. The van der Waals surface area contributed by atoms with E-state index in [2.05, 4.69) is 36.2 Å². The number of hydrogen-bond donors (Lipinski definition) is 2. The SMILES string of the molecule is Cc1cc2c(cc1F)c1c(N)ncnc1n2CC(=O)N1[C@H](C(=O)Nc2cccc(Br)n2)CC(C)(C)[C@H]1C. The molecule has 9 nitrogen and oxygen atoms in total. The topological polar surface area (TPSA) is 119 Å². The largest absolute Gasteiger partial charge is 0.383 e. The summed E-state index contributed by atoms with van der Waals surface area (Å²) < 4.78 is 16.8. The molecule has 1 aromatic carbocycles. The van der Waals surface area contributed by atoms with Crippen LogP contribution in [0, 0.1) is 18.2 Å². The van der Waals surface area contributed by atoms with Gasteiger partial charge in [-0.1, -0.05) is 19.9 Å². The number of pyridine rings is 1. The van der Waals surface area contributed by atoms with Gasteiger partial charge in [0.2, 0.25) is 11.8 Å². The molecule has 0 spiro atoms. The first-order chi connectivity index (χ1) is 17.5. The zero-order chi connectivity index (χ0) is 26.6. The predicted molar refractivity (Wildman–Crippen MR) is 143 cm³/mol. The Morgan fingerprint density at radius 2 is 2.03 bits per heavy atom. The number of carbonyl (C=O) groups is 2. The number of aromatic nitrogens is 4. The number of anilines is 2. The van der Waals surface area contributed by atoms with Crippen LogP contribution in [0.25, 0.3) is 21.9 Å². The highest BCUT2D eigenvalue weighted by atomic mass is 79.9. The third kappa shape index (κ3) is 4.30. The first-order valence-corrected chi connectivity index (χ1v) is 12.7. The Morgan fingerprint density at radius 3 is 2.76 bits per heavy atom. The highest BCUT2D eigenvalue weighted by molar-refractivity contribution is 9.10. The maximum Gasteiger partial charge on any atom is 0.248 e. The van der Waals surface area contributed by atoms with Gasteiger partial charge in [-0.2, -0.15) is 0 Å². The number of amides is 2. The summed E-state index contributed by atoms with van der Waals surface area (Å²) in [5.41, 5.74) is 7.34. The fraction of sp³-hybridized carbons (Fsp3) is 0.346. The number of nitrogens with one attached hydrogen (secondary N) is 1. The Hall–Kier alpha value is -3.60. The summed E-state index contributed by atoms with van der Waals surface area (Å²) in [6.45, 7) is 7.61. The molecule has 11 heteroatoms. The standard InChI is InChI=1S/C26H27BrFN7O2/c1-13-8-17-15(9-16(13)28)22-23(29)30-12-31-24(22)34(17)11-21(36)35-14(2)26(3,4)10-18(35)25(37)33-20-7-5-6-19(27)32-20/h5-9,12,14,18H,10-11H2,1-4H3,(H2,29,30,31)(H,32,33,37)/t14-,18+/m1/s1. The van der Waals surface area contributed by atoms with E-state index in [4.69, 9.17) is 5.73 Å². The van der Waals surface area contributed by atoms with Crippen LogP contribution in [0.3, 0.4) is 0 Å². The minimum Gasteiger partial charge on any atom is -0.383 e. The number of nitrogens with zero attached hydrogens (tertiary/aromatic N) is 5. The van der Waals surface area contributed by atoms with E-state index in [0.29, 0.717) is 44.3 Å². The minimum atomic E-state index is -0.690. The number of hydrogen-bond acceptors (Lipinski definition) is 6. The number of halogens is 2. The number of likely N-dealkylation sites (tertiary alicyclic amines) is 1. The molecule has 1 aliphatic heterocycles. The van der Waals surface area contributed by atoms with Gasteiger partial charge in [0.1, 0.15) is 46.6 Å². The molecule has 5 rings (SSSR count). The summed E-state index contributed by atoms with van der Waals surface area (Å²) in [6, 6.07) is 7.42. The van der Waals surface area contributed by atoms with E-state index < -0.39 is 6.04 Å². The van der Waals surface area contributed by atoms with E-state index in [1.807, 2.05) is 20.8 Å². The van der Waals surface area contributed by atoms with Crippen LogP contribution >= 0.6 is 15.9 Å². The van der Waals surface area contributed by atoms with Crippen LogP contribution in [-0.2, 0) is 16.1 Å². The molecule has 2 amide bonds. The lowest BCUT2D eigenvalue weighted by atomic mass is 9.84. The summed E-state index contributed by atoms with van der Waals surface area (Å²) in [5.74, 6) is -0.328. The van der Waals surface area contributed by atoms with Gasteiger partial charge in [0.25, 0.3) is 0 Å². The van der Waals surface area contributed by atoms with Crippen LogP contribution in [0.4, 0.5) is 16.0 Å². The first-order valence-electron chi connectivity index (χ1n) is 11.9. The second-order valence-corrected chi connectivity index (χ2v) is 11.0. The molecule has 2 atom stereocenters. The van der Waals surface area contributed by atoms with E-state index in [0.717, 1.165) is 0 Å². The van der Waals surface area contributed by atoms with Crippen LogP contribution < -0.4 is 11.1 Å². The van der Waals surface area contributed by atoms with Gasteiger partial charge in [-0.25, -0.2) is 19.3 Å². The van der Waals surface area contributed by atoms with E-state index in [-0.39, 0.29) is 41.5 Å². The van der Waals surface area contributed by atoms with Crippen molar-refractivity contribution in [3.8, 4) is 0 Å². The molecule has 0 bridgehead atoms. The quantitative estimate of drug-likeness (QED) is 0.352. The van der Waals surface area contributed by atoms with Crippen molar-refractivity contribution >= 4 is 61.3 Å². The van der Waals surface area contributed by atoms with Crippen molar-refractivity contribution in [2.45, 2.75) is 52.7 Å². The molecule has 4 heterocycles. The lowest BCUT2D eigenvalue weighted by Crippen LogP contribution is -2.48. The van der Waals surface area contributed by atoms with Gasteiger partial charge in [-0.3, -0.25) is 9.59 Å². The second kappa shape index (κ2) is 9.05. The Morgan fingerprint density at radius 1 is 1.27 bits per heavy atom. The molecule has 1 aliphatic rings. The first kappa shape index (κ1) is 25.1. The number of rotatable bonds is 4. The monoisotopic (exact) mass is 567 g/mol. The number of nitrogen functional groups attached to an aromatic ring is 1. The number of nitrogens with two attached hydrogens (primary N) is 1. The van der Waals surface area contributed by atoms with Crippen molar-refractivity contribution in [3.05, 3.63) is 52.6 Å². The molecular formula is C26H27BrFN7O2. The van der Waals surface area contributed by atoms with E-state index >= 15 is 0 Å². The molecule has 0 saturated carbocycles. The minimum absolute atomic E-state index is 0.0964. The normalized spacial score (nSPS) is 19.0. The zero-order valence-electron chi connectivity index (χ0n) is 20.9. The van der Waals surface area contributed by atoms with Gasteiger partial charge in [0.05, 0.1) is 10.9 Å². The molecule has 1 fully saturated rings. The lowest BCUT2D eigenvalue weighted by Gasteiger charge is -2.31. The van der Waals surface area contributed by atoms with Crippen molar-refractivity contribution in [2.24, 2.45) is 5.41 Å². The Balaban J connectivity index is 1.53. The highest BCUT2D eigenvalue weighted by Crippen LogP contribution is 2.41. The average molecular weight is 568 g/mol. The lowest BCUT2D eigenvalue weighted by molar-refractivity contribution is -0.139. The van der Waals surface area contributed by atoms with Crippen molar-refractivity contribution in [1.29, 1.82) is 0 Å². The van der Waals surface area contributed by atoms with Crippen molar-refractivity contribution in [3.63, 3.8) is 0 Å². The van der Waals surface area contributed by atoms with Gasteiger partial charge >= 0.3 is 0 Å². The molecule has 0 aliphatic carbocycles. The number of fused-ring (bicyclic) bond motifs is 3. The maximum absolute atomic E-state index is 14.5. The van der Waals surface area contributed by atoms with Crippen molar-refractivity contribution < 1.29 is 14.0 Å². The van der Waals surface area contributed by atoms with Crippen LogP contribution in [0.1, 0.15) is 32.8 Å². The molecular weight excluding hydrogens is 541 g/mol. The fourth-order valence-corrected chi connectivity index (χ4v) is 5.49. The Bertz CT molecular complexity index is 1570. The molecule has 4 aromatic rings. The van der Waals surface area contributed by atoms with Gasteiger partial charge in [0.15, 0.2) is 0 Å². The van der Waals surface area contributed by atoms with Gasteiger partial charge in [-0.05, 0) is 71.4 Å². The van der Waals surface area contributed by atoms with Crippen LogP contribution in [0.2, 0.25) is 0 Å². The Kier molecular flexibility index (Phi) is 6.13. The third-order valence-electron chi connectivity index (χ3n) is 7.40. The third-order valence-corrected chi connectivity index (χ3v) is 7.84. The summed E-state index contributed by atoms with van der Waals surface area (Å²) in [7, 11) is 0. The molecule has 3 N–H and O–H groups in total. The van der Waals surface area contributed by atoms with Gasteiger partial charge in [0, 0.05) is 11.4 Å². The smallest absolute Gasteiger partial charge is 0.248 e. The van der Waals surface area contributed by atoms with E-state index in [1.165, 1.54) is 12.4 Å². The number of carbonyl (C=O) groups excluding carboxylic acids is 2. The number of aryl methyl sites for hydroxylation is 1. The fourth-order valence-electron chi connectivity index (χ4n) is 5.14. The van der Waals surface area contributed by atoms with E-state index in [1.54, 1.807) is 40.7 Å². The molecule has 0 unspecified atom stereocenters. The summed E-state index contributed by atoms with van der Waals surface area (Å²) in [5, 5.41) is 3.88. The molecule has 37 heavy (non-hydrogen) atoms. The van der Waals surface area contributed by atoms with E-state index in [9.17, 15) is 14.0 Å². The Labute approximate surface area is 221 Å². The number of benzene rings is 1. The predicted octanol–water partition coefficient (Wildman–Crippen LogP) is 4.43. The summed E-state index contributed by atoms with van der Waals surface area (Å²) in [4.78, 5) is 41.7. The molecule has 0 radical (unpaired) electrons. The zero-order valence-corrected chi connectivity index (χ0v) is 22.5. The van der Waals surface area contributed by atoms with Crippen LogP contribution in [0.5, 0.6) is 0 Å². The van der Waals surface area contributed by atoms with Crippen molar-refractivity contribution in [1.82, 2.24) is 24.4 Å². The summed E-state index contributed by atoms with van der Waals surface area (Å²) >= 11 is 3.31. The van der Waals surface area contributed by atoms with Crippen LogP contribution in [0.15, 0.2) is 41.3 Å².